The van der Waals surface area contributed by atoms with Gasteiger partial charge in [0, 0.05) is 11.1 Å². The molecule has 0 amide bonds. The zero-order valence-electron chi connectivity index (χ0n) is 13.0. The number of hydrogen-bond acceptors (Lipinski definition) is 5. The van der Waals surface area contributed by atoms with E-state index in [4.69, 9.17) is 10.5 Å². The fraction of sp³-hybridized carbons (Fsp3) is 0.0526. The number of hydrogen-bond donors (Lipinski definition) is 2. The van der Waals surface area contributed by atoms with Crippen LogP contribution in [-0.2, 0) is 0 Å². The van der Waals surface area contributed by atoms with Crippen molar-refractivity contribution in [2.75, 3.05) is 12.8 Å². The van der Waals surface area contributed by atoms with Gasteiger partial charge in [-0.15, -0.1) is 10.2 Å². The van der Waals surface area contributed by atoms with Crippen molar-refractivity contribution in [3.05, 3.63) is 65.7 Å². The Labute approximate surface area is 139 Å². The van der Waals surface area contributed by atoms with Crippen LogP contribution in [-0.4, -0.2) is 22.4 Å². The number of benzene rings is 2. The molecule has 24 heavy (non-hydrogen) atoms. The first-order chi connectivity index (χ1) is 11.7. The van der Waals surface area contributed by atoms with E-state index >= 15 is 0 Å². The topological polar surface area (TPSA) is 81.3 Å². The van der Waals surface area contributed by atoms with Crippen LogP contribution in [0.1, 0.15) is 11.1 Å². The number of aromatic hydroxyl groups is 1. The number of nitrogen functional groups attached to an aromatic ring is 1. The second-order valence-electron chi connectivity index (χ2n) is 5.02. The van der Waals surface area contributed by atoms with Crippen molar-refractivity contribution in [1.29, 1.82) is 0 Å². The quantitative estimate of drug-likeness (QED) is 0.710. The van der Waals surface area contributed by atoms with E-state index in [9.17, 15) is 5.11 Å². The Bertz CT molecular complexity index is 925. The van der Waals surface area contributed by atoms with Gasteiger partial charge in [0.1, 0.15) is 11.5 Å². The summed E-state index contributed by atoms with van der Waals surface area (Å²) in [6, 6.07) is 16.0. The minimum Gasteiger partial charge on any atom is -0.507 e. The molecule has 0 aliphatic rings. The number of rotatable bonds is 2. The van der Waals surface area contributed by atoms with Gasteiger partial charge in [0.05, 0.1) is 18.4 Å². The smallest absolute Gasteiger partial charge is 0.161 e. The van der Waals surface area contributed by atoms with E-state index in [1.54, 1.807) is 31.4 Å². The summed E-state index contributed by atoms with van der Waals surface area (Å²) in [6.07, 6.45) is 0. The Morgan fingerprint density at radius 2 is 1.75 bits per heavy atom. The van der Waals surface area contributed by atoms with Crippen molar-refractivity contribution in [3.8, 4) is 34.6 Å². The molecule has 2 aromatic carbocycles. The molecule has 0 saturated heterocycles. The molecular formula is C19H15N3O2. The average Bonchev–Trinajstić information content (AvgIpc) is 2.62. The molecule has 0 unspecified atom stereocenters. The number of para-hydroxylation sites is 1. The maximum Gasteiger partial charge on any atom is 0.161 e. The first-order valence-corrected chi connectivity index (χ1v) is 7.25. The van der Waals surface area contributed by atoms with Gasteiger partial charge in [-0.05, 0) is 42.5 Å². The Kier molecular flexibility index (Phi) is 4.30. The van der Waals surface area contributed by atoms with Gasteiger partial charge in [-0.3, -0.25) is 0 Å². The minimum absolute atomic E-state index is 0.130. The van der Waals surface area contributed by atoms with Crippen LogP contribution < -0.4 is 10.5 Å². The van der Waals surface area contributed by atoms with Gasteiger partial charge in [0.25, 0.3) is 0 Å². The lowest BCUT2D eigenvalue weighted by molar-refractivity contribution is 0.415. The third-order valence-electron chi connectivity index (χ3n) is 3.43. The van der Waals surface area contributed by atoms with Crippen LogP contribution >= 0.6 is 0 Å². The largest absolute Gasteiger partial charge is 0.507 e. The zero-order chi connectivity index (χ0) is 16.9. The SMILES string of the molecule is COc1ccc(C#Cc2cc(-c3ccccc3O)nnc2N)cc1. The highest BCUT2D eigenvalue weighted by atomic mass is 16.5. The predicted molar refractivity (Wildman–Crippen MR) is 92.5 cm³/mol. The monoisotopic (exact) mass is 317 g/mol. The molecule has 0 aliphatic carbocycles. The van der Waals surface area contributed by atoms with Gasteiger partial charge < -0.3 is 15.6 Å². The molecule has 0 bridgehead atoms. The molecule has 0 radical (unpaired) electrons. The summed E-state index contributed by atoms with van der Waals surface area (Å²) < 4.78 is 5.12. The van der Waals surface area contributed by atoms with Crippen LogP contribution in [0, 0.1) is 11.8 Å². The number of phenolic OH excluding ortho intramolecular Hbond substituents is 1. The van der Waals surface area contributed by atoms with Gasteiger partial charge in [-0.1, -0.05) is 24.0 Å². The molecule has 3 aromatic rings. The molecule has 118 valence electrons. The summed E-state index contributed by atoms with van der Waals surface area (Å²) in [5.41, 5.74) is 8.34. The molecule has 0 atom stereocenters. The Morgan fingerprint density at radius 1 is 1.00 bits per heavy atom. The van der Waals surface area contributed by atoms with Crippen molar-refractivity contribution in [2.24, 2.45) is 0 Å². The number of nitrogens with two attached hydrogens (primary N) is 1. The molecular weight excluding hydrogens is 302 g/mol. The highest BCUT2D eigenvalue weighted by Crippen LogP contribution is 2.27. The van der Waals surface area contributed by atoms with E-state index < -0.39 is 0 Å². The summed E-state index contributed by atoms with van der Waals surface area (Å²) in [5, 5.41) is 17.9. The molecule has 0 aliphatic heterocycles. The number of phenols is 1. The minimum atomic E-state index is 0.130. The summed E-state index contributed by atoms with van der Waals surface area (Å²) in [4.78, 5) is 0. The van der Waals surface area contributed by atoms with Crippen molar-refractivity contribution < 1.29 is 9.84 Å². The van der Waals surface area contributed by atoms with Gasteiger partial charge >= 0.3 is 0 Å². The third-order valence-corrected chi connectivity index (χ3v) is 3.43. The van der Waals surface area contributed by atoms with Crippen LogP contribution in [0.3, 0.4) is 0 Å². The fourth-order valence-corrected chi connectivity index (χ4v) is 2.14. The first kappa shape index (κ1) is 15.4. The van der Waals surface area contributed by atoms with Crippen molar-refractivity contribution >= 4 is 5.82 Å². The van der Waals surface area contributed by atoms with Crippen LogP contribution in [0.25, 0.3) is 11.3 Å². The van der Waals surface area contributed by atoms with Crippen LogP contribution in [0.4, 0.5) is 5.82 Å². The van der Waals surface area contributed by atoms with E-state index in [2.05, 4.69) is 22.0 Å². The van der Waals surface area contributed by atoms with E-state index in [1.165, 1.54) is 0 Å². The maximum atomic E-state index is 9.93. The molecule has 0 fully saturated rings. The van der Waals surface area contributed by atoms with E-state index in [0.29, 0.717) is 16.8 Å². The molecule has 5 nitrogen and oxygen atoms in total. The molecule has 3 N–H and O–H groups in total. The number of methoxy groups -OCH3 is 1. The van der Waals surface area contributed by atoms with E-state index in [1.807, 2.05) is 30.3 Å². The van der Waals surface area contributed by atoms with E-state index in [0.717, 1.165) is 11.3 Å². The van der Waals surface area contributed by atoms with E-state index in [-0.39, 0.29) is 11.6 Å². The third kappa shape index (κ3) is 3.28. The lowest BCUT2D eigenvalue weighted by atomic mass is 10.1. The van der Waals surface area contributed by atoms with Crippen LogP contribution in [0.5, 0.6) is 11.5 Å². The Morgan fingerprint density at radius 3 is 2.46 bits per heavy atom. The molecule has 3 rings (SSSR count). The van der Waals surface area contributed by atoms with Gasteiger partial charge in [-0.25, -0.2) is 0 Å². The first-order valence-electron chi connectivity index (χ1n) is 7.25. The fourth-order valence-electron chi connectivity index (χ4n) is 2.14. The van der Waals surface area contributed by atoms with Crippen molar-refractivity contribution in [1.82, 2.24) is 10.2 Å². The number of nitrogens with zero attached hydrogens (tertiary/aromatic N) is 2. The molecule has 1 heterocycles. The Hall–Kier alpha value is -3.52. The van der Waals surface area contributed by atoms with Crippen molar-refractivity contribution in [3.63, 3.8) is 0 Å². The van der Waals surface area contributed by atoms with Crippen molar-refractivity contribution in [2.45, 2.75) is 0 Å². The normalized spacial score (nSPS) is 9.88. The number of anilines is 1. The average molecular weight is 317 g/mol. The van der Waals surface area contributed by atoms with Gasteiger partial charge in [0.15, 0.2) is 5.82 Å². The Balaban J connectivity index is 1.95. The number of ether oxygens (including phenoxy) is 1. The predicted octanol–water partition coefficient (Wildman–Crippen LogP) is 2.84. The highest BCUT2D eigenvalue weighted by Gasteiger charge is 2.08. The zero-order valence-corrected chi connectivity index (χ0v) is 13.0. The second-order valence-corrected chi connectivity index (χ2v) is 5.02. The number of aromatic nitrogens is 2. The standard InChI is InChI=1S/C19H15N3O2/c1-24-15-10-7-13(8-11-15)6-9-14-12-17(21-22-19(14)20)16-4-2-3-5-18(16)23/h2-5,7-8,10-12,23H,1H3,(H2,20,22). The summed E-state index contributed by atoms with van der Waals surface area (Å²) in [7, 11) is 1.62. The van der Waals surface area contributed by atoms with Gasteiger partial charge in [0.2, 0.25) is 0 Å². The second kappa shape index (κ2) is 6.71. The highest BCUT2D eigenvalue weighted by molar-refractivity contribution is 5.69. The molecule has 0 saturated carbocycles. The molecule has 1 aromatic heterocycles. The van der Waals surface area contributed by atoms with Gasteiger partial charge in [-0.2, -0.15) is 0 Å². The maximum absolute atomic E-state index is 9.93. The van der Waals surface area contributed by atoms with Crippen LogP contribution in [0.2, 0.25) is 0 Å². The van der Waals surface area contributed by atoms with Crippen LogP contribution in [0.15, 0.2) is 54.6 Å². The summed E-state index contributed by atoms with van der Waals surface area (Å²) in [6.45, 7) is 0. The summed E-state index contributed by atoms with van der Waals surface area (Å²) >= 11 is 0. The molecule has 5 heteroatoms. The lowest BCUT2D eigenvalue weighted by Crippen LogP contribution is -1.99. The molecule has 0 spiro atoms. The summed E-state index contributed by atoms with van der Waals surface area (Å²) in [5.74, 6) is 7.17. The lowest BCUT2D eigenvalue weighted by Gasteiger charge is -2.04.